The van der Waals surface area contributed by atoms with E-state index in [0.717, 1.165) is 0 Å². The van der Waals surface area contributed by atoms with Crippen LogP contribution in [-0.4, -0.2) is 27.6 Å². The molecule has 0 saturated carbocycles. The molecule has 5 nitrogen and oxygen atoms in total. The molecule has 94 valence electrons. The van der Waals surface area contributed by atoms with Crippen LogP contribution in [0.3, 0.4) is 0 Å². The summed E-state index contributed by atoms with van der Waals surface area (Å²) in [5.74, 6) is 5.43. The van der Waals surface area contributed by atoms with Gasteiger partial charge in [-0.15, -0.1) is 0 Å². The molecule has 0 aliphatic rings. The first-order valence-electron chi connectivity index (χ1n) is 5.57. The SMILES string of the molecule is O=C(Nc1cc(C#CCO)ccn1)c1ccncc1. The van der Waals surface area contributed by atoms with Crippen LogP contribution in [0.5, 0.6) is 0 Å². The molecular formula is C14H11N3O2. The van der Waals surface area contributed by atoms with Crippen molar-refractivity contribution in [3.05, 3.63) is 54.0 Å². The molecule has 5 heteroatoms. The molecule has 0 radical (unpaired) electrons. The molecule has 0 bridgehead atoms. The van der Waals surface area contributed by atoms with E-state index in [1.165, 1.54) is 0 Å². The molecule has 19 heavy (non-hydrogen) atoms. The van der Waals surface area contributed by atoms with Gasteiger partial charge in [-0.05, 0) is 24.3 Å². The van der Waals surface area contributed by atoms with Gasteiger partial charge in [0.15, 0.2) is 0 Å². The van der Waals surface area contributed by atoms with Crippen LogP contribution in [0.1, 0.15) is 15.9 Å². The van der Waals surface area contributed by atoms with Crippen molar-refractivity contribution < 1.29 is 9.90 Å². The Labute approximate surface area is 110 Å². The third-order valence-electron chi connectivity index (χ3n) is 2.26. The summed E-state index contributed by atoms with van der Waals surface area (Å²) in [6, 6.07) is 6.57. The van der Waals surface area contributed by atoms with E-state index in [9.17, 15) is 4.79 Å². The van der Waals surface area contributed by atoms with Gasteiger partial charge in [0.2, 0.25) is 0 Å². The first kappa shape index (κ1) is 12.7. The van der Waals surface area contributed by atoms with Gasteiger partial charge in [-0.25, -0.2) is 4.98 Å². The summed E-state index contributed by atoms with van der Waals surface area (Å²) in [4.78, 5) is 19.8. The van der Waals surface area contributed by atoms with Crippen LogP contribution in [-0.2, 0) is 0 Å². The van der Waals surface area contributed by atoms with Crippen molar-refractivity contribution in [3.8, 4) is 11.8 Å². The predicted octanol–water partition coefficient (Wildman–Crippen LogP) is 1.07. The number of anilines is 1. The minimum Gasteiger partial charge on any atom is -0.384 e. The zero-order valence-electron chi connectivity index (χ0n) is 10.00. The highest BCUT2D eigenvalue weighted by Gasteiger charge is 2.05. The third-order valence-corrected chi connectivity index (χ3v) is 2.26. The van der Waals surface area contributed by atoms with Crippen molar-refractivity contribution in [3.63, 3.8) is 0 Å². The van der Waals surface area contributed by atoms with Crippen molar-refractivity contribution in [2.75, 3.05) is 11.9 Å². The fraction of sp³-hybridized carbons (Fsp3) is 0.0714. The van der Waals surface area contributed by atoms with Gasteiger partial charge in [0, 0.05) is 29.7 Å². The second-order valence-corrected chi connectivity index (χ2v) is 3.58. The van der Waals surface area contributed by atoms with Crippen LogP contribution in [0.4, 0.5) is 5.82 Å². The molecule has 0 saturated heterocycles. The molecule has 0 aromatic carbocycles. The molecule has 0 unspecified atom stereocenters. The monoisotopic (exact) mass is 253 g/mol. The number of amides is 1. The number of hydrogen-bond donors (Lipinski definition) is 2. The molecule has 0 aliphatic heterocycles. The van der Waals surface area contributed by atoms with Crippen molar-refractivity contribution in [2.24, 2.45) is 0 Å². The lowest BCUT2D eigenvalue weighted by atomic mass is 10.2. The lowest BCUT2D eigenvalue weighted by Gasteiger charge is -2.04. The maximum atomic E-state index is 11.9. The van der Waals surface area contributed by atoms with E-state index < -0.39 is 0 Å². The van der Waals surface area contributed by atoms with Gasteiger partial charge in [0.05, 0.1) is 0 Å². The van der Waals surface area contributed by atoms with Crippen LogP contribution >= 0.6 is 0 Å². The molecule has 0 atom stereocenters. The van der Waals surface area contributed by atoms with Crippen molar-refractivity contribution >= 4 is 11.7 Å². The number of pyridine rings is 2. The van der Waals surface area contributed by atoms with E-state index in [-0.39, 0.29) is 12.5 Å². The lowest BCUT2D eigenvalue weighted by molar-refractivity contribution is 0.102. The average Bonchev–Trinajstić information content (AvgIpc) is 2.46. The quantitative estimate of drug-likeness (QED) is 0.785. The Morgan fingerprint density at radius 3 is 2.79 bits per heavy atom. The number of carbonyl (C=O) groups excluding carboxylic acids is 1. The number of aromatic nitrogens is 2. The molecule has 2 N–H and O–H groups in total. The highest BCUT2D eigenvalue weighted by Crippen LogP contribution is 2.08. The van der Waals surface area contributed by atoms with Crippen LogP contribution in [0, 0.1) is 11.8 Å². The molecule has 0 fully saturated rings. The third kappa shape index (κ3) is 3.63. The first-order chi connectivity index (χ1) is 9.29. The second kappa shape index (κ2) is 6.28. The topological polar surface area (TPSA) is 75.1 Å². The minimum absolute atomic E-state index is 0.207. The molecule has 1 amide bonds. The standard InChI is InChI=1S/C14H11N3O2/c18-9-1-2-11-3-8-16-13(10-11)17-14(19)12-4-6-15-7-5-12/h3-8,10,18H,9H2,(H,16,17,19). The Balaban J connectivity index is 2.13. The Kier molecular flexibility index (Phi) is 4.21. The van der Waals surface area contributed by atoms with E-state index in [4.69, 9.17) is 5.11 Å². The van der Waals surface area contributed by atoms with Gasteiger partial charge in [0.1, 0.15) is 12.4 Å². The number of hydrogen-bond acceptors (Lipinski definition) is 4. The smallest absolute Gasteiger partial charge is 0.256 e. The van der Waals surface area contributed by atoms with E-state index >= 15 is 0 Å². The summed E-state index contributed by atoms with van der Waals surface area (Å²) < 4.78 is 0. The van der Waals surface area contributed by atoms with Gasteiger partial charge in [-0.1, -0.05) is 11.8 Å². The maximum absolute atomic E-state index is 11.9. The Morgan fingerprint density at radius 2 is 2.05 bits per heavy atom. The Hall–Kier alpha value is -2.71. The zero-order valence-corrected chi connectivity index (χ0v) is 10.00. The number of carbonyl (C=O) groups is 1. The van der Waals surface area contributed by atoms with E-state index in [0.29, 0.717) is 16.9 Å². The minimum atomic E-state index is -0.262. The Morgan fingerprint density at radius 1 is 1.26 bits per heavy atom. The van der Waals surface area contributed by atoms with Crippen LogP contribution < -0.4 is 5.32 Å². The predicted molar refractivity (Wildman–Crippen MR) is 70.4 cm³/mol. The molecule has 2 aromatic rings. The van der Waals surface area contributed by atoms with Crippen molar-refractivity contribution in [2.45, 2.75) is 0 Å². The molecule has 2 aromatic heterocycles. The summed E-state index contributed by atoms with van der Waals surface area (Å²) in [5.41, 5.74) is 1.18. The summed E-state index contributed by atoms with van der Waals surface area (Å²) >= 11 is 0. The van der Waals surface area contributed by atoms with E-state index in [1.807, 2.05) is 0 Å². The zero-order chi connectivity index (χ0) is 13.5. The molecular weight excluding hydrogens is 242 g/mol. The first-order valence-corrected chi connectivity index (χ1v) is 5.57. The van der Waals surface area contributed by atoms with E-state index in [2.05, 4.69) is 27.1 Å². The highest BCUT2D eigenvalue weighted by molar-refractivity contribution is 6.03. The molecule has 2 heterocycles. The van der Waals surface area contributed by atoms with Gasteiger partial charge in [-0.3, -0.25) is 9.78 Å². The summed E-state index contributed by atoms with van der Waals surface area (Å²) in [7, 11) is 0. The number of rotatable bonds is 2. The average molecular weight is 253 g/mol. The largest absolute Gasteiger partial charge is 0.384 e. The number of aliphatic hydroxyl groups excluding tert-OH is 1. The molecule has 2 rings (SSSR count). The maximum Gasteiger partial charge on any atom is 0.256 e. The number of nitrogens with zero attached hydrogens (tertiary/aromatic N) is 2. The summed E-state index contributed by atoms with van der Waals surface area (Å²) in [6.45, 7) is -0.207. The van der Waals surface area contributed by atoms with Crippen LogP contribution in [0.15, 0.2) is 42.9 Å². The van der Waals surface area contributed by atoms with Crippen molar-refractivity contribution in [1.82, 2.24) is 9.97 Å². The van der Waals surface area contributed by atoms with Crippen molar-refractivity contribution in [1.29, 1.82) is 0 Å². The fourth-order valence-corrected chi connectivity index (χ4v) is 1.41. The normalized spacial score (nSPS) is 9.32. The lowest BCUT2D eigenvalue weighted by Crippen LogP contribution is -2.12. The van der Waals surface area contributed by atoms with Crippen LogP contribution in [0.2, 0.25) is 0 Å². The Bertz CT molecular complexity index is 630. The van der Waals surface area contributed by atoms with Gasteiger partial charge >= 0.3 is 0 Å². The number of nitrogens with one attached hydrogen (secondary N) is 1. The van der Waals surface area contributed by atoms with Crippen LogP contribution in [0.25, 0.3) is 0 Å². The molecule has 0 spiro atoms. The molecule has 0 aliphatic carbocycles. The van der Waals surface area contributed by atoms with Gasteiger partial charge in [-0.2, -0.15) is 0 Å². The summed E-state index contributed by atoms with van der Waals surface area (Å²) in [6.07, 6.45) is 4.64. The number of aliphatic hydroxyl groups is 1. The fourth-order valence-electron chi connectivity index (χ4n) is 1.41. The van der Waals surface area contributed by atoms with Gasteiger partial charge in [0.25, 0.3) is 5.91 Å². The van der Waals surface area contributed by atoms with E-state index in [1.54, 1.807) is 42.9 Å². The van der Waals surface area contributed by atoms with Gasteiger partial charge < -0.3 is 10.4 Å². The summed E-state index contributed by atoms with van der Waals surface area (Å²) in [5, 5.41) is 11.3. The second-order valence-electron chi connectivity index (χ2n) is 3.58. The highest BCUT2D eigenvalue weighted by atomic mass is 16.2.